The third-order valence-electron chi connectivity index (χ3n) is 6.52. The highest BCUT2D eigenvalue weighted by Gasteiger charge is 2.49. The summed E-state index contributed by atoms with van der Waals surface area (Å²) in [5, 5.41) is 11.4. The number of sulfonamides is 1. The Morgan fingerprint density at radius 1 is 1.21 bits per heavy atom. The molecule has 0 fully saturated rings. The van der Waals surface area contributed by atoms with Crippen molar-refractivity contribution in [3.8, 4) is 5.75 Å². The molecule has 8 nitrogen and oxygen atoms in total. The van der Waals surface area contributed by atoms with E-state index in [1.54, 1.807) is 17.6 Å². The number of carbonyl (C=O) groups excluding carboxylic acids is 1. The maximum atomic E-state index is 13.7. The average Bonchev–Trinajstić information content (AvgIpc) is 3.16. The highest BCUT2D eigenvalue weighted by atomic mass is 32.2. The van der Waals surface area contributed by atoms with Gasteiger partial charge in [-0.1, -0.05) is 20.8 Å². The molecule has 1 aliphatic rings. The molecular weight excluding hydrogens is 480 g/mol. The molecule has 1 amide bonds. The minimum Gasteiger partial charge on any atom is -0.497 e. The van der Waals surface area contributed by atoms with E-state index in [2.05, 4.69) is 33.9 Å². The van der Waals surface area contributed by atoms with Gasteiger partial charge in [-0.3, -0.25) is 10.0 Å². The minimum absolute atomic E-state index is 0.0374. The number of carbonyl (C=O) groups is 1. The molecule has 0 bridgehead atoms. The summed E-state index contributed by atoms with van der Waals surface area (Å²) in [5.74, 6) is -0.300. The Morgan fingerprint density at radius 2 is 1.85 bits per heavy atom. The Labute approximate surface area is 200 Å². The minimum atomic E-state index is -4.09. The van der Waals surface area contributed by atoms with E-state index in [0.717, 1.165) is 14.7 Å². The van der Waals surface area contributed by atoms with Crippen molar-refractivity contribution in [3.05, 3.63) is 46.2 Å². The molecule has 2 atom stereocenters. The predicted molar refractivity (Wildman–Crippen MR) is 130 cm³/mol. The Hall–Kier alpha value is -1.76. The summed E-state index contributed by atoms with van der Waals surface area (Å²) in [6.07, 6.45) is -0.413. The van der Waals surface area contributed by atoms with Crippen LogP contribution in [0.1, 0.15) is 37.3 Å². The molecule has 1 aliphatic heterocycles. The van der Waals surface area contributed by atoms with Crippen molar-refractivity contribution in [1.82, 2.24) is 9.79 Å². The number of fused-ring (bicyclic) bond motifs is 1. The fourth-order valence-corrected chi connectivity index (χ4v) is 7.33. The summed E-state index contributed by atoms with van der Waals surface area (Å²) in [5.41, 5.74) is 2.48. The van der Waals surface area contributed by atoms with E-state index in [9.17, 15) is 18.4 Å². The molecular formula is C22H32N2O6S2Si. The van der Waals surface area contributed by atoms with Crippen molar-refractivity contribution in [2.75, 3.05) is 13.7 Å². The predicted octanol–water partition coefficient (Wildman–Crippen LogP) is 3.94. The number of methoxy groups -OCH3 is 1. The highest BCUT2D eigenvalue weighted by Crippen LogP contribution is 2.44. The van der Waals surface area contributed by atoms with E-state index in [1.165, 1.54) is 30.6 Å². The molecule has 2 N–H and O–H groups in total. The molecule has 0 radical (unpaired) electrons. The SMILES string of the molecule is COc1ccc(S(=O)(=O)N2CCc3sccc3[C@H](O[Si](C)(C)C(C)(C)C)[C@@H]2C(=O)NO)cc1. The first kappa shape index (κ1) is 25.9. The quantitative estimate of drug-likeness (QED) is 0.345. The summed E-state index contributed by atoms with van der Waals surface area (Å²) in [6, 6.07) is 6.64. The van der Waals surface area contributed by atoms with Gasteiger partial charge in [-0.15, -0.1) is 11.3 Å². The fraction of sp³-hybridized carbons (Fsp3) is 0.500. The number of nitrogens with zero attached hydrogens (tertiary/aromatic N) is 1. The van der Waals surface area contributed by atoms with Crippen molar-refractivity contribution in [2.45, 2.75) is 62.4 Å². The van der Waals surface area contributed by atoms with Gasteiger partial charge in [0.25, 0.3) is 5.91 Å². The van der Waals surface area contributed by atoms with E-state index in [0.29, 0.717) is 12.2 Å². The number of hydroxylamine groups is 1. The largest absolute Gasteiger partial charge is 0.497 e. The first-order chi connectivity index (χ1) is 15.3. The molecule has 1 aromatic heterocycles. The van der Waals surface area contributed by atoms with Crippen LogP contribution in [-0.4, -0.2) is 51.9 Å². The van der Waals surface area contributed by atoms with Gasteiger partial charge in [0.1, 0.15) is 11.8 Å². The lowest BCUT2D eigenvalue weighted by Gasteiger charge is -2.42. The van der Waals surface area contributed by atoms with Crippen LogP contribution in [0, 0.1) is 0 Å². The van der Waals surface area contributed by atoms with Crippen LogP contribution in [0.15, 0.2) is 40.6 Å². The Kier molecular flexibility index (Phi) is 7.42. The van der Waals surface area contributed by atoms with E-state index in [4.69, 9.17) is 9.16 Å². The number of benzene rings is 1. The Balaban J connectivity index is 2.14. The number of hydrogen-bond donors (Lipinski definition) is 2. The zero-order valence-corrected chi connectivity index (χ0v) is 22.4. The first-order valence-electron chi connectivity index (χ1n) is 10.7. The number of amides is 1. The first-order valence-corrected chi connectivity index (χ1v) is 15.9. The summed E-state index contributed by atoms with van der Waals surface area (Å²) in [6.45, 7) is 10.4. The van der Waals surface area contributed by atoms with E-state index < -0.39 is 36.4 Å². The standard InChI is InChI=1S/C22H32N2O6S2Si/c1-22(2,3)33(5,6)30-20-17-12-14-31-18(17)11-13-24(19(20)21(25)23-26)32(27,28)16-9-7-15(29-4)8-10-16/h7-10,12,14,19-20,26H,11,13H2,1-6H3,(H,23,25)/t19-,20+/m1/s1. The molecule has 0 saturated carbocycles. The van der Waals surface area contributed by atoms with Crippen molar-refractivity contribution < 1.29 is 27.6 Å². The van der Waals surface area contributed by atoms with E-state index in [1.807, 2.05) is 11.4 Å². The number of nitrogens with one attached hydrogen (secondary N) is 1. The lowest BCUT2D eigenvalue weighted by atomic mass is 10.0. The molecule has 3 rings (SSSR count). The van der Waals surface area contributed by atoms with Crippen molar-refractivity contribution in [2.24, 2.45) is 0 Å². The third-order valence-corrected chi connectivity index (χ3v) is 13.9. The van der Waals surface area contributed by atoms with Crippen LogP contribution in [0.2, 0.25) is 18.1 Å². The molecule has 0 aliphatic carbocycles. The summed E-state index contributed by atoms with van der Waals surface area (Å²) < 4.78 is 40.5. The van der Waals surface area contributed by atoms with Gasteiger partial charge >= 0.3 is 0 Å². The van der Waals surface area contributed by atoms with Gasteiger partial charge in [-0.05, 0) is 65.8 Å². The lowest BCUT2D eigenvalue weighted by Crippen LogP contribution is -2.54. The number of rotatable bonds is 6. The maximum absolute atomic E-state index is 13.7. The smallest absolute Gasteiger partial charge is 0.264 e. The molecule has 0 unspecified atom stereocenters. The van der Waals surface area contributed by atoms with Crippen LogP contribution < -0.4 is 10.2 Å². The van der Waals surface area contributed by atoms with Crippen LogP contribution in [0.4, 0.5) is 0 Å². The van der Waals surface area contributed by atoms with E-state index >= 15 is 0 Å². The Morgan fingerprint density at radius 3 is 2.39 bits per heavy atom. The molecule has 11 heteroatoms. The second-order valence-corrected chi connectivity index (χ2v) is 17.2. The van der Waals surface area contributed by atoms with Crippen LogP contribution >= 0.6 is 11.3 Å². The summed E-state index contributed by atoms with van der Waals surface area (Å²) in [4.78, 5) is 14.0. The topological polar surface area (TPSA) is 105 Å². The van der Waals surface area contributed by atoms with Crippen LogP contribution in [0.5, 0.6) is 5.75 Å². The number of thiophene rings is 1. The molecule has 0 saturated heterocycles. The third kappa shape index (κ3) is 5.03. The molecule has 33 heavy (non-hydrogen) atoms. The summed E-state index contributed by atoms with van der Waals surface area (Å²) >= 11 is 1.51. The van der Waals surface area contributed by atoms with Crippen molar-refractivity contribution in [1.29, 1.82) is 0 Å². The molecule has 1 aromatic carbocycles. The van der Waals surface area contributed by atoms with Gasteiger partial charge in [0.15, 0.2) is 8.32 Å². The van der Waals surface area contributed by atoms with Gasteiger partial charge in [0, 0.05) is 11.4 Å². The molecule has 2 aromatic rings. The second-order valence-electron chi connectivity index (χ2n) is 9.56. The van der Waals surface area contributed by atoms with Crippen LogP contribution in [-0.2, 0) is 25.7 Å². The lowest BCUT2D eigenvalue weighted by molar-refractivity contribution is -0.136. The fourth-order valence-electron chi connectivity index (χ4n) is 3.59. The van der Waals surface area contributed by atoms with Crippen LogP contribution in [0.25, 0.3) is 0 Å². The maximum Gasteiger partial charge on any atom is 0.264 e. The van der Waals surface area contributed by atoms with Crippen molar-refractivity contribution in [3.63, 3.8) is 0 Å². The zero-order chi connectivity index (χ0) is 24.6. The van der Waals surface area contributed by atoms with Gasteiger partial charge in [0.05, 0.1) is 18.1 Å². The van der Waals surface area contributed by atoms with Crippen LogP contribution in [0.3, 0.4) is 0 Å². The van der Waals surface area contributed by atoms with Gasteiger partial charge < -0.3 is 9.16 Å². The van der Waals surface area contributed by atoms with Gasteiger partial charge in [-0.25, -0.2) is 13.9 Å². The normalized spacial score (nSPS) is 20.1. The van der Waals surface area contributed by atoms with Gasteiger partial charge in [-0.2, -0.15) is 4.31 Å². The second kappa shape index (κ2) is 9.47. The average molecular weight is 513 g/mol. The van der Waals surface area contributed by atoms with E-state index in [-0.39, 0.29) is 16.5 Å². The monoisotopic (exact) mass is 512 g/mol. The molecule has 0 spiro atoms. The molecule has 2 heterocycles. The Bertz CT molecular complexity index is 1090. The zero-order valence-electron chi connectivity index (χ0n) is 19.8. The van der Waals surface area contributed by atoms with Gasteiger partial charge in [0.2, 0.25) is 10.0 Å². The number of ether oxygens (including phenoxy) is 1. The summed E-state index contributed by atoms with van der Waals surface area (Å²) in [7, 11) is -5.02. The van der Waals surface area contributed by atoms with Crippen molar-refractivity contribution >= 4 is 35.6 Å². The molecule has 182 valence electrons. The highest BCUT2D eigenvalue weighted by molar-refractivity contribution is 7.89. The number of hydrogen-bond acceptors (Lipinski definition) is 7.